The SMILES string of the molecule is Cc1nnc(NC(C)c2ccc(Cl)cc2Cl)nc1C. The van der Waals surface area contributed by atoms with Crippen LogP contribution >= 0.6 is 23.2 Å². The van der Waals surface area contributed by atoms with Crippen LogP contribution in [-0.2, 0) is 0 Å². The Morgan fingerprint density at radius 3 is 2.47 bits per heavy atom. The van der Waals surface area contributed by atoms with Crippen molar-refractivity contribution in [3.8, 4) is 0 Å². The highest BCUT2D eigenvalue weighted by molar-refractivity contribution is 6.35. The third-order valence-electron chi connectivity index (χ3n) is 2.87. The predicted molar refractivity (Wildman–Crippen MR) is 77.8 cm³/mol. The van der Waals surface area contributed by atoms with Crippen LogP contribution < -0.4 is 5.32 Å². The van der Waals surface area contributed by atoms with E-state index in [-0.39, 0.29) is 6.04 Å². The Hall–Kier alpha value is -1.39. The lowest BCUT2D eigenvalue weighted by Crippen LogP contribution is -2.11. The summed E-state index contributed by atoms with van der Waals surface area (Å²) in [6.07, 6.45) is 0. The molecule has 0 radical (unpaired) electrons. The number of rotatable bonds is 3. The molecule has 4 nitrogen and oxygen atoms in total. The molecule has 1 aromatic heterocycles. The van der Waals surface area contributed by atoms with Crippen LogP contribution in [0.4, 0.5) is 5.95 Å². The van der Waals surface area contributed by atoms with Crippen molar-refractivity contribution in [2.75, 3.05) is 5.32 Å². The van der Waals surface area contributed by atoms with Gasteiger partial charge in [0.1, 0.15) is 0 Å². The lowest BCUT2D eigenvalue weighted by Gasteiger charge is -2.15. The van der Waals surface area contributed by atoms with Crippen LogP contribution in [0.5, 0.6) is 0 Å². The highest BCUT2D eigenvalue weighted by atomic mass is 35.5. The van der Waals surface area contributed by atoms with Crippen LogP contribution in [0.2, 0.25) is 10.0 Å². The van der Waals surface area contributed by atoms with Crippen molar-refractivity contribution in [3.05, 3.63) is 45.2 Å². The Balaban J connectivity index is 2.20. The molecule has 0 saturated carbocycles. The lowest BCUT2D eigenvalue weighted by atomic mass is 10.1. The van der Waals surface area contributed by atoms with E-state index in [1.807, 2.05) is 26.8 Å². The van der Waals surface area contributed by atoms with Gasteiger partial charge in [0, 0.05) is 10.0 Å². The molecule has 100 valence electrons. The monoisotopic (exact) mass is 296 g/mol. The Morgan fingerprint density at radius 2 is 1.84 bits per heavy atom. The van der Waals surface area contributed by atoms with Gasteiger partial charge in [-0.25, -0.2) is 4.98 Å². The minimum absolute atomic E-state index is 0.0336. The van der Waals surface area contributed by atoms with E-state index in [0.717, 1.165) is 17.0 Å². The van der Waals surface area contributed by atoms with Crippen LogP contribution in [0, 0.1) is 13.8 Å². The van der Waals surface area contributed by atoms with Gasteiger partial charge in [0.05, 0.1) is 17.4 Å². The Kier molecular flexibility index (Phi) is 4.22. The number of hydrogen-bond acceptors (Lipinski definition) is 4. The maximum absolute atomic E-state index is 6.17. The Morgan fingerprint density at radius 1 is 1.11 bits per heavy atom. The largest absolute Gasteiger partial charge is 0.346 e. The minimum Gasteiger partial charge on any atom is -0.346 e. The van der Waals surface area contributed by atoms with Gasteiger partial charge in [0.25, 0.3) is 0 Å². The van der Waals surface area contributed by atoms with Gasteiger partial charge in [0.2, 0.25) is 5.95 Å². The van der Waals surface area contributed by atoms with Gasteiger partial charge in [-0.05, 0) is 38.5 Å². The van der Waals surface area contributed by atoms with Gasteiger partial charge < -0.3 is 5.32 Å². The van der Waals surface area contributed by atoms with E-state index in [0.29, 0.717) is 16.0 Å². The summed E-state index contributed by atoms with van der Waals surface area (Å²) >= 11 is 12.0. The zero-order chi connectivity index (χ0) is 14.0. The van der Waals surface area contributed by atoms with Gasteiger partial charge in [-0.3, -0.25) is 0 Å². The summed E-state index contributed by atoms with van der Waals surface area (Å²) in [5.74, 6) is 0.488. The zero-order valence-electron chi connectivity index (χ0n) is 10.9. The quantitative estimate of drug-likeness (QED) is 0.931. The van der Waals surface area contributed by atoms with Crippen molar-refractivity contribution < 1.29 is 0 Å². The van der Waals surface area contributed by atoms with E-state index < -0.39 is 0 Å². The molecule has 1 aromatic carbocycles. The molecule has 0 saturated heterocycles. The molecule has 1 heterocycles. The summed E-state index contributed by atoms with van der Waals surface area (Å²) in [4.78, 5) is 4.33. The van der Waals surface area contributed by atoms with Crippen molar-refractivity contribution in [1.29, 1.82) is 0 Å². The molecule has 19 heavy (non-hydrogen) atoms. The Labute approximate surface area is 122 Å². The van der Waals surface area contributed by atoms with Crippen LogP contribution in [0.25, 0.3) is 0 Å². The van der Waals surface area contributed by atoms with E-state index in [1.165, 1.54) is 0 Å². The summed E-state index contributed by atoms with van der Waals surface area (Å²) in [6, 6.07) is 5.38. The number of anilines is 1. The molecule has 1 atom stereocenters. The topological polar surface area (TPSA) is 50.7 Å². The molecule has 2 rings (SSSR count). The van der Waals surface area contributed by atoms with Crippen molar-refractivity contribution in [1.82, 2.24) is 15.2 Å². The third kappa shape index (κ3) is 3.33. The van der Waals surface area contributed by atoms with Crippen molar-refractivity contribution in [2.24, 2.45) is 0 Å². The smallest absolute Gasteiger partial charge is 0.243 e. The van der Waals surface area contributed by atoms with Crippen LogP contribution in [0.3, 0.4) is 0 Å². The number of aromatic nitrogens is 3. The summed E-state index contributed by atoms with van der Waals surface area (Å²) in [5.41, 5.74) is 2.61. The first-order chi connectivity index (χ1) is 8.97. The minimum atomic E-state index is -0.0336. The summed E-state index contributed by atoms with van der Waals surface area (Å²) in [6.45, 7) is 5.75. The molecule has 0 aliphatic heterocycles. The zero-order valence-corrected chi connectivity index (χ0v) is 12.4. The van der Waals surface area contributed by atoms with Gasteiger partial charge in [-0.1, -0.05) is 29.3 Å². The van der Waals surface area contributed by atoms with Crippen molar-refractivity contribution >= 4 is 29.2 Å². The van der Waals surface area contributed by atoms with Crippen molar-refractivity contribution in [3.63, 3.8) is 0 Å². The lowest BCUT2D eigenvalue weighted by molar-refractivity contribution is 0.821. The van der Waals surface area contributed by atoms with E-state index in [9.17, 15) is 0 Å². The third-order valence-corrected chi connectivity index (χ3v) is 3.43. The molecule has 6 heteroatoms. The number of nitrogens with zero attached hydrogens (tertiary/aromatic N) is 3. The highest BCUT2D eigenvalue weighted by Crippen LogP contribution is 2.27. The molecule has 0 fully saturated rings. The second-order valence-corrected chi connectivity index (χ2v) is 5.18. The average molecular weight is 297 g/mol. The van der Waals surface area contributed by atoms with Crippen LogP contribution in [-0.4, -0.2) is 15.2 Å². The fourth-order valence-electron chi connectivity index (χ4n) is 1.64. The molecule has 0 aliphatic rings. The predicted octanol–water partition coefficient (Wildman–Crippen LogP) is 3.97. The first kappa shape index (κ1) is 14.0. The Bertz CT molecular complexity index is 601. The summed E-state index contributed by atoms with van der Waals surface area (Å²) in [7, 11) is 0. The van der Waals surface area contributed by atoms with Crippen molar-refractivity contribution in [2.45, 2.75) is 26.8 Å². The second kappa shape index (κ2) is 5.72. The standard InChI is InChI=1S/C13H14Cl2N4/c1-7-8(2)18-19-13(16-7)17-9(3)11-5-4-10(14)6-12(11)15/h4-6,9H,1-3H3,(H,16,17,19). The van der Waals surface area contributed by atoms with E-state index in [2.05, 4.69) is 20.5 Å². The average Bonchev–Trinajstić information content (AvgIpc) is 2.33. The highest BCUT2D eigenvalue weighted by Gasteiger charge is 2.12. The van der Waals surface area contributed by atoms with Gasteiger partial charge >= 0.3 is 0 Å². The van der Waals surface area contributed by atoms with Gasteiger partial charge in [-0.15, -0.1) is 5.10 Å². The van der Waals surface area contributed by atoms with Gasteiger partial charge in [-0.2, -0.15) is 5.10 Å². The number of aryl methyl sites for hydroxylation is 2. The summed E-state index contributed by atoms with van der Waals surface area (Å²) < 4.78 is 0. The number of halogens is 2. The first-order valence-electron chi connectivity index (χ1n) is 5.87. The fourth-order valence-corrected chi connectivity index (χ4v) is 2.21. The van der Waals surface area contributed by atoms with Crippen LogP contribution in [0.1, 0.15) is 29.9 Å². The second-order valence-electron chi connectivity index (χ2n) is 4.34. The first-order valence-corrected chi connectivity index (χ1v) is 6.62. The van der Waals surface area contributed by atoms with Crippen LogP contribution in [0.15, 0.2) is 18.2 Å². The van der Waals surface area contributed by atoms with E-state index in [1.54, 1.807) is 12.1 Å². The molecule has 0 amide bonds. The maximum Gasteiger partial charge on any atom is 0.243 e. The maximum atomic E-state index is 6.17. The molecular formula is C13H14Cl2N4. The molecule has 2 aromatic rings. The summed E-state index contributed by atoms with van der Waals surface area (Å²) in [5, 5.41) is 12.4. The molecule has 0 spiro atoms. The van der Waals surface area contributed by atoms with E-state index in [4.69, 9.17) is 23.2 Å². The molecule has 0 bridgehead atoms. The molecular weight excluding hydrogens is 283 g/mol. The number of benzene rings is 1. The molecule has 1 N–H and O–H groups in total. The normalized spacial score (nSPS) is 12.3. The molecule has 0 aliphatic carbocycles. The van der Waals surface area contributed by atoms with Gasteiger partial charge in [0.15, 0.2) is 0 Å². The van der Waals surface area contributed by atoms with E-state index >= 15 is 0 Å². The number of hydrogen-bond donors (Lipinski definition) is 1. The number of nitrogens with one attached hydrogen (secondary N) is 1. The molecule has 1 unspecified atom stereocenters. The fraction of sp³-hybridized carbons (Fsp3) is 0.308.